The lowest BCUT2D eigenvalue weighted by Gasteiger charge is -2.15. The van der Waals surface area contributed by atoms with Crippen LogP contribution in [0.4, 0.5) is 24.8 Å². The van der Waals surface area contributed by atoms with E-state index >= 15 is 0 Å². The zero-order valence-corrected chi connectivity index (χ0v) is 14.8. The first-order valence-electron chi connectivity index (χ1n) is 8.51. The molecule has 0 aliphatic carbocycles. The summed E-state index contributed by atoms with van der Waals surface area (Å²) >= 11 is 0. The Labute approximate surface area is 150 Å². The standard InChI is InChI=1S/C18H22F3N3O2/c1-3-5-11-26-16-13(18(19,20)21)12-22-17(24-16)23-14-8-6-7-9-15(14)25-10-4-2/h6-9,12H,3-5,10-11H2,1-2H3,(H,22,23,24). The van der Waals surface area contributed by atoms with Crippen molar-refractivity contribution in [1.29, 1.82) is 0 Å². The number of aromatic nitrogens is 2. The molecule has 0 atom stereocenters. The van der Waals surface area contributed by atoms with Crippen LogP contribution in [0, 0.1) is 0 Å². The summed E-state index contributed by atoms with van der Waals surface area (Å²) in [6, 6.07) is 7.09. The van der Waals surface area contributed by atoms with Gasteiger partial charge in [0.25, 0.3) is 0 Å². The monoisotopic (exact) mass is 369 g/mol. The number of hydrogen-bond acceptors (Lipinski definition) is 5. The molecule has 0 spiro atoms. The fourth-order valence-corrected chi connectivity index (χ4v) is 2.07. The molecule has 0 fully saturated rings. The molecular formula is C18H22F3N3O2. The third-order valence-corrected chi connectivity index (χ3v) is 3.39. The maximum absolute atomic E-state index is 13.1. The van der Waals surface area contributed by atoms with E-state index in [0.29, 0.717) is 24.5 Å². The normalized spacial score (nSPS) is 11.3. The van der Waals surface area contributed by atoms with E-state index in [9.17, 15) is 13.2 Å². The second-order valence-corrected chi connectivity index (χ2v) is 5.58. The first kappa shape index (κ1) is 19.8. The van der Waals surface area contributed by atoms with Crippen molar-refractivity contribution in [3.05, 3.63) is 36.0 Å². The number of benzene rings is 1. The molecule has 0 radical (unpaired) electrons. The molecule has 1 aromatic carbocycles. The lowest BCUT2D eigenvalue weighted by atomic mass is 10.3. The van der Waals surface area contributed by atoms with Gasteiger partial charge in [-0.3, -0.25) is 0 Å². The largest absolute Gasteiger partial charge is 0.491 e. The molecule has 0 saturated heterocycles. The number of hydrogen-bond donors (Lipinski definition) is 1. The van der Waals surface area contributed by atoms with Crippen molar-refractivity contribution >= 4 is 11.6 Å². The van der Waals surface area contributed by atoms with Crippen molar-refractivity contribution in [3.63, 3.8) is 0 Å². The van der Waals surface area contributed by atoms with Crippen LogP contribution in [0.1, 0.15) is 38.7 Å². The molecule has 2 aromatic rings. The van der Waals surface area contributed by atoms with Gasteiger partial charge in [0.15, 0.2) is 0 Å². The molecule has 1 aromatic heterocycles. The van der Waals surface area contributed by atoms with Gasteiger partial charge in [0.2, 0.25) is 11.8 Å². The molecule has 26 heavy (non-hydrogen) atoms. The molecule has 0 bridgehead atoms. The minimum Gasteiger partial charge on any atom is -0.491 e. The number of anilines is 2. The van der Waals surface area contributed by atoms with Crippen LogP contribution >= 0.6 is 0 Å². The summed E-state index contributed by atoms with van der Waals surface area (Å²) < 4.78 is 50.2. The zero-order chi connectivity index (χ0) is 19.0. The molecule has 1 N–H and O–H groups in total. The predicted molar refractivity (Wildman–Crippen MR) is 92.9 cm³/mol. The fourth-order valence-electron chi connectivity index (χ4n) is 2.07. The summed E-state index contributed by atoms with van der Waals surface area (Å²) in [5.74, 6) is 0.110. The third-order valence-electron chi connectivity index (χ3n) is 3.39. The van der Waals surface area contributed by atoms with Gasteiger partial charge < -0.3 is 14.8 Å². The van der Waals surface area contributed by atoms with Gasteiger partial charge in [0.1, 0.15) is 11.3 Å². The smallest absolute Gasteiger partial charge is 0.423 e. The molecule has 0 unspecified atom stereocenters. The number of nitrogens with one attached hydrogen (secondary N) is 1. The van der Waals surface area contributed by atoms with Crippen LogP contribution in [0.5, 0.6) is 11.6 Å². The zero-order valence-electron chi connectivity index (χ0n) is 14.8. The summed E-state index contributed by atoms with van der Waals surface area (Å²) in [6.07, 6.45) is -1.58. The molecule has 8 heteroatoms. The van der Waals surface area contributed by atoms with Gasteiger partial charge in [-0.15, -0.1) is 0 Å². The van der Waals surface area contributed by atoms with E-state index in [4.69, 9.17) is 9.47 Å². The Morgan fingerprint density at radius 1 is 1.04 bits per heavy atom. The molecule has 0 amide bonds. The van der Waals surface area contributed by atoms with Crippen LogP contribution in [0.3, 0.4) is 0 Å². The Hall–Kier alpha value is -2.51. The molecular weight excluding hydrogens is 347 g/mol. The van der Waals surface area contributed by atoms with E-state index in [1.807, 2.05) is 19.9 Å². The quantitative estimate of drug-likeness (QED) is 0.615. The molecule has 0 aliphatic heterocycles. The summed E-state index contributed by atoms with van der Waals surface area (Å²) in [5.41, 5.74) is -0.421. The van der Waals surface area contributed by atoms with Crippen LogP contribution in [0.15, 0.2) is 30.5 Å². The Balaban J connectivity index is 2.26. The topological polar surface area (TPSA) is 56.3 Å². The Morgan fingerprint density at radius 3 is 2.50 bits per heavy atom. The second kappa shape index (κ2) is 9.26. The number of halogens is 3. The van der Waals surface area contributed by atoms with Crippen molar-refractivity contribution in [2.24, 2.45) is 0 Å². The first-order valence-corrected chi connectivity index (χ1v) is 8.51. The van der Waals surface area contributed by atoms with Crippen molar-refractivity contribution < 1.29 is 22.6 Å². The van der Waals surface area contributed by atoms with E-state index < -0.39 is 17.6 Å². The predicted octanol–water partition coefficient (Wildman–Crippen LogP) is 5.21. The summed E-state index contributed by atoms with van der Waals surface area (Å²) in [4.78, 5) is 7.68. The Kier molecular flexibility index (Phi) is 7.06. The highest BCUT2D eigenvalue weighted by molar-refractivity contribution is 5.62. The second-order valence-electron chi connectivity index (χ2n) is 5.58. The number of nitrogens with zero attached hydrogens (tertiary/aromatic N) is 2. The minimum atomic E-state index is -4.58. The highest BCUT2D eigenvalue weighted by Gasteiger charge is 2.36. The van der Waals surface area contributed by atoms with Crippen LogP contribution in [0.2, 0.25) is 0 Å². The third kappa shape index (κ3) is 5.50. The Morgan fingerprint density at radius 2 is 1.81 bits per heavy atom. The lowest BCUT2D eigenvalue weighted by Crippen LogP contribution is -2.13. The summed E-state index contributed by atoms with van der Waals surface area (Å²) in [6.45, 7) is 4.59. The average molecular weight is 369 g/mol. The van der Waals surface area contributed by atoms with E-state index in [1.165, 1.54) is 0 Å². The number of alkyl halides is 3. The first-order chi connectivity index (χ1) is 12.5. The van der Waals surface area contributed by atoms with Crippen LogP contribution < -0.4 is 14.8 Å². The van der Waals surface area contributed by atoms with Gasteiger partial charge in [0.05, 0.1) is 18.9 Å². The van der Waals surface area contributed by atoms with Gasteiger partial charge >= 0.3 is 6.18 Å². The van der Waals surface area contributed by atoms with E-state index in [0.717, 1.165) is 19.0 Å². The van der Waals surface area contributed by atoms with Crippen molar-refractivity contribution in [1.82, 2.24) is 9.97 Å². The van der Waals surface area contributed by atoms with Gasteiger partial charge in [-0.1, -0.05) is 32.4 Å². The van der Waals surface area contributed by atoms with E-state index in [2.05, 4.69) is 15.3 Å². The van der Waals surface area contributed by atoms with Crippen LogP contribution in [-0.2, 0) is 6.18 Å². The number of unbranched alkanes of at least 4 members (excludes halogenated alkanes) is 1. The average Bonchev–Trinajstić information content (AvgIpc) is 2.60. The van der Waals surface area contributed by atoms with Crippen molar-refractivity contribution in [2.75, 3.05) is 18.5 Å². The Bertz CT molecular complexity index is 708. The summed E-state index contributed by atoms with van der Waals surface area (Å²) in [7, 11) is 0. The molecule has 1 heterocycles. The van der Waals surface area contributed by atoms with Gasteiger partial charge in [-0.05, 0) is 25.0 Å². The fraction of sp³-hybridized carbons (Fsp3) is 0.444. The van der Waals surface area contributed by atoms with Crippen molar-refractivity contribution in [3.8, 4) is 11.6 Å². The van der Waals surface area contributed by atoms with Gasteiger partial charge in [0, 0.05) is 6.20 Å². The lowest BCUT2D eigenvalue weighted by molar-refractivity contribution is -0.139. The van der Waals surface area contributed by atoms with Gasteiger partial charge in [-0.2, -0.15) is 18.2 Å². The summed E-state index contributed by atoms with van der Waals surface area (Å²) in [5, 5.41) is 2.90. The maximum Gasteiger partial charge on any atom is 0.423 e. The molecule has 5 nitrogen and oxygen atoms in total. The minimum absolute atomic E-state index is 0.0112. The SMILES string of the molecule is CCCCOc1nc(Nc2ccccc2OCCC)ncc1C(F)(F)F. The number of para-hydroxylation sites is 2. The van der Waals surface area contributed by atoms with Crippen LogP contribution in [-0.4, -0.2) is 23.2 Å². The van der Waals surface area contributed by atoms with E-state index in [1.54, 1.807) is 18.2 Å². The molecule has 0 saturated carbocycles. The number of rotatable bonds is 9. The van der Waals surface area contributed by atoms with Gasteiger partial charge in [-0.25, -0.2) is 4.98 Å². The van der Waals surface area contributed by atoms with E-state index in [-0.39, 0.29) is 12.6 Å². The highest BCUT2D eigenvalue weighted by atomic mass is 19.4. The molecule has 0 aliphatic rings. The molecule has 2 rings (SSSR count). The number of ether oxygens (including phenoxy) is 2. The molecule has 142 valence electrons. The van der Waals surface area contributed by atoms with Crippen LogP contribution in [0.25, 0.3) is 0 Å². The maximum atomic E-state index is 13.1. The van der Waals surface area contributed by atoms with Crippen molar-refractivity contribution in [2.45, 2.75) is 39.3 Å². The highest BCUT2D eigenvalue weighted by Crippen LogP contribution is 2.36.